The number of fused-ring (bicyclic) bond motifs is 1. The van der Waals surface area contributed by atoms with Crippen molar-refractivity contribution in [3.63, 3.8) is 0 Å². The minimum absolute atomic E-state index is 0.0693. The van der Waals surface area contributed by atoms with Crippen LogP contribution in [0.3, 0.4) is 0 Å². The molecule has 0 aliphatic rings. The molecule has 3 rings (SSSR count). The third-order valence-electron chi connectivity index (χ3n) is 5.87. The molecule has 0 unspecified atom stereocenters. The number of aromatic nitrogens is 2. The average molecular weight is 452 g/mol. The number of carbonyl (C=O) groups is 2. The first-order chi connectivity index (χ1) is 15.9. The smallest absolute Gasteiger partial charge is 0.303 e. The van der Waals surface area contributed by atoms with Gasteiger partial charge >= 0.3 is 5.97 Å². The molecule has 1 amide bonds. The van der Waals surface area contributed by atoms with Crippen molar-refractivity contribution in [3.8, 4) is 16.9 Å². The molecule has 0 saturated carbocycles. The summed E-state index contributed by atoms with van der Waals surface area (Å²) >= 11 is 0. The Balaban J connectivity index is 2.10. The Morgan fingerprint density at radius 1 is 1.15 bits per heavy atom. The topological polar surface area (TPSA) is 122 Å². The number of pyridine rings is 2. The molecule has 0 atom stereocenters. The molecule has 8 nitrogen and oxygen atoms in total. The Bertz CT molecular complexity index is 1200. The molecular weight excluding hydrogens is 422 g/mol. The van der Waals surface area contributed by atoms with Crippen LogP contribution < -0.4 is 10.9 Å². The van der Waals surface area contributed by atoms with Crippen LogP contribution in [0, 0.1) is 5.92 Å². The van der Waals surface area contributed by atoms with Crippen LogP contribution in [0.5, 0.6) is 5.75 Å². The monoisotopic (exact) mass is 451 g/mol. The summed E-state index contributed by atoms with van der Waals surface area (Å²) in [5.74, 6) is -1.58. The van der Waals surface area contributed by atoms with Gasteiger partial charge in [-0.3, -0.25) is 14.4 Å². The van der Waals surface area contributed by atoms with E-state index in [0.29, 0.717) is 23.0 Å². The van der Waals surface area contributed by atoms with Gasteiger partial charge in [-0.05, 0) is 24.0 Å². The predicted octanol–water partition coefficient (Wildman–Crippen LogP) is 3.80. The minimum Gasteiger partial charge on any atom is -0.505 e. The highest BCUT2D eigenvalue weighted by molar-refractivity contribution is 6.01. The number of hydrogen-bond acceptors (Lipinski definition) is 5. The Morgan fingerprint density at radius 2 is 1.85 bits per heavy atom. The normalized spacial score (nSPS) is 11.1. The molecule has 33 heavy (non-hydrogen) atoms. The molecular formula is C25H29N3O5. The second-order valence-electron chi connectivity index (χ2n) is 8.03. The summed E-state index contributed by atoms with van der Waals surface area (Å²) in [6.07, 6.45) is 3.44. The lowest BCUT2D eigenvalue weighted by atomic mass is 10.0. The number of rotatable bonds is 10. The van der Waals surface area contributed by atoms with E-state index in [1.807, 2.05) is 30.3 Å². The average Bonchev–Trinajstić information content (AvgIpc) is 2.81. The van der Waals surface area contributed by atoms with Gasteiger partial charge in [0.05, 0.1) is 11.7 Å². The van der Waals surface area contributed by atoms with Gasteiger partial charge in [-0.25, -0.2) is 4.98 Å². The van der Waals surface area contributed by atoms with E-state index < -0.39 is 11.9 Å². The third kappa shape index (κ3) is 5.39. The number of amides is 1. The van der Waals surface area contributed by atoms with Gasteiger partial charge in [-0.2, -0.15) is 0 Å². The molecule has 3 aromatic rings. The van der Waals surface area contributed by atoms with Crippen molar-refractivity contribution in [1.82, 2.24) is 14.9 Å². The van der Waals surface area contributed by atoms with Gasteiger partial charge in [-0.15, -0.1) is 0 Å². The molecule has 2 heterocycles. The lowest BCUT2D eigenvalue weighted by molar-refractivity contribution is -0.137. The van der Waals surface area contributed by atoms with E-state index in [4.69, 9.17) is 5.11 Å². The van der Waals surface area contributed by atoms with Gasteiger partial charge in [0.1, 0.15) is 0 Å². The number of carboxylic acid groups (broad SMARTS) is 1. The fourth-order valence-electron chi connectivity index (χ4n) is 3.83. The van der Waals surface area contributed by atoms with Crippen molar-refractivity contribution < 1.29 is 19.8 Å². The van der Waals surface area contributed by atoms with Crippen LogP contribution in [0.1, 0.15) is 50.0 Å². The summed E-state index contributed by atoms with van der Waals surface area (Å²) in [5, 5.41) is 22.7. The predicted molar refractivity (Wildman–Crippen MR) is 126 cm³/mol. The van der Waals surface area contributed by atoms with Crippen molar-refractivity contribution in [1.29, 1.82) is 0 Å². The fraction of sp³-hybridized carbons (Fsp3) is 0.360. The molecule has 0 bridgehead atoms. The molecule has 0 aliphatic carbocycles. The molecule has 2 aromatic heterocycles. The van der Waals surface area contributed by atoms with Crippen molar-refractivity contribution in [2.45, 2.75) is 46.1 Å². The number of aromatic hydroxyl groups is 1. The lowest BCUT2D eigenvalue weighted by Gasteiger charge is -2.19. The van der Waals surface area contributed by atoms with Crippen molar-refractivity contribution in [3.05, 3.63) is 58.6 Å². The Hall–Kier alpha value is -3.68. The first-order valence-electron chi connectivity index (χ1n) is 11.2. The van der Waals surface area contributed by atoms with Gasteiger partial charge in [-0.1, -0.05) is 57.0 Å². The van der Waals surface area contributed by atoms with Crippen molar-refractivity contribution in [2.75, 3.05) is 6.54 Å². The second-order valence-corrected chi connectivity index (χ2v) is 8.03. The molecule has 0 spiro atoms. The summed E-state index contributed by atoms with van der Waals surface area (Å²) in [4.78, 5) is 40.8. The number of aliphatic carboxylic acids is 1. The van der Waals surface area contributed by atoms with E-state index in [2.05, 4.69) is 24.1 Å². The highest BCUT2D eigenvalue weighted by atomic mass is 16.4. The maximum absolute atomic E-state index is 13.4. The second kappa shape index (κ2) is 10.8. The van der Waals surface area contributed by atoms with E-state index in [1.54, 1.807) is 10.6 Å². The zero-order valence-corrected chi connectivity index (χ0v) is 18.9. The van der Waals surface area contributed by atoms with E-state index in [9.17, 15) is 19.5 Å². The Morgan fingerprint density at radius 3 is 2.48 bits per heavy atom. The first-order valence-corrected chi connectivity index (χ1v) is 11.2. The summed E-state index contributed by atoms with van der Waals surface area (Å²) in [5.41, 5.74) is 1.28. The van der Waals surface area contributed by atoms with Crippen molar-refractivity contribution >= 4 is 22.8 Å². The summed E-state index contributed by atoms with van der Waals surface area (Å²) < 4.78 is 1.64. The maximum Gasteiger partial charge on any atom is 0.303 e. The fourth-order valence-corrected chi connectivity index (χ4v) is 3.83. The van der Waals surface area contributed by atoms with Gasteiger partial charge in [0.25, 0.3) is 11.5 Å². The van der Waals surface area contributed by atoms with Crippen LogP contribution in [0.25, 0.3) is 22.0 Å². The Labute approximate surface area is 191 Å². The number of carboxylic acids is 1. The summed E-state index contributed by atoms with van der Waals surface area (Å²) in [6.45, 7) is 4.77. The SMILES string of the molecule is CCC(CC)Cn1c(=O)c(-c2ccccc2)cc2c(O)c(C(=O)NCCCC(=O)O)ncc21. The summed E-state index contributed by atoms with van der Waals surface area (Å²) in [7, 11) is 0. The molecule has 0 radical (unpaired) electrons. The highest BCUT2D eigenvalue weighted by Gasteiger charge is 2.21. The minimum atomic E-state index is -0.945. The number of nitrogens with one attached hydrogen (secondary N) is 1. The highest BCUT2D eigenvalue weighted by Crippen LogP contribution is 2.30. The molecule has 3 N–H and O–H groups in total. The van der Waals surface area contributed by atoms with Crippen molar-refractivity contribution in [2.24, 2.45) is 5.92 Å². The zero-order valence-electron chi connectivity index (χ0n) is 18.9. The number of benzene rings is 1. The van der Waals surface area contributed by atoms with Crippen LogP contribution in [-0.4, -0.2) is 38.2 Å². The van der Waals surface area contributed by atoms with Crippen LogP contribution in [0.4, 0.5) is 0 Å². The summed E-state index contributed by atoms with van der Waals surface area (Å²) in [6, 6.07) is 10.8. The van der Waals surface area contributed by atoms with Gasteiger partial charge in [0, 0.05) is 30.5 Å². The molecule has 0 saturated heterocycles. The van der Waals surface area contributed by atoms with E-state index in [-0.39, 0.29) is 42.3 Å². The first kappa shape index (κ1) is 24.0. The van der Waals surface area contributed by atoms with E-state index in [0.717, 1.165) is 18.4 Å². The van der Waals surface area contributed by atoms with Crippen LogP contribution in [0.2, 0.25) is 0 Å². The van der Waals surface area contributed by atoms with E-state index in [1.165, 1.54) is 6.20 Å². The van der Waals surface area contributed by atoms with Gasteiger partial charge in [0.15, 0.2) is 11.4 Å². The lowest BCUT2D eigenvalue weighted by Crippen LogP contribution is -2.27. The van der Waals surface area contributed by atoms with Crippen LogP contribution >= 0.6 is 0 Å². The zero-order chi connectivity index (χ0) is 24.0. The number of hydrogen-bond donors (Lipinski definition) is 3. The standard InChI is InChI=1S/C25H29N3O5/c1-3-16(4-2)15-28-20-14-27-22(24(32)26-12-8-11-21(29)30)23(31)19(20)13-18(25(28)33)17-9-6-5-7-10-17/h5-7,9-10,13-14,16,31H,3-4,8,11-12,15H2,1-2H3,(H,26,32)(H,29,30). The van der Waals surface area contributed by atoms with Gasteiger partial charge < -0.3 is 20.1 Å². The number of carbonyl (C=O) groups excluding carboxylic acids is 1. The van der Waals surface area contributed by atoms with Crippen LogP contribution in [0.15, 0.2) is 47.4 Å². The van der Waals surface area contributed by atoms with Crippen LogP contribution in [-0.2, 0) is 11.3 Å². The maximum atomic E-state index is 13.4. The molecule has 1 aromatic carbocycles. The quantitative estimate of drug-likeness (QED) is 0.403. The Kier molecular flexibility index (Phi) is 7.82. The molecule has 8 heteroatoms. The van der Waals surface area contributed by atoms with Gasteiger partial charge in [0.2, 0.25) is 0 Å². The molecule has 0 fully saturated rings. The molecule has 174 valence electrons. The third-order valence-corrected chi connectivity index (χ3v) is 5.87. The van der Waals surface area contributed by atoms with E-state index >= 15 is 0 Å². The number of nitrogens with zero attached hydrogens (tertiary/aromatic N) is 2. The largest absolute Gasteiger partial charge is 0.505 e. The molecule has 0 aliphatic heterocycles.